The van der Waals surface area contributed by atoms with Crippen molar-refractivity contribution < 1.29 is 0 Å². The molecule has 0 saturated heterocycles. The first kappa shape index (κ1) is 14.7. The van der Waals surface area contributed by atoms with Crippen molar-refractivity contribution >= 4 is 11.3 Å². The van der Waals surface area contributed by atoms with Crippen LogP contribution in [0.15, 0.2) is 10.9 Å². The molecule has 1 nitrogen and oxygen atoms in total. The SMILES string of the molecule is CCCCCCC(CCCCC)c1cscn1. The monoisotopic (exact) mass is 253 g/mol. The zero-order valence-corrected chi connectivity index (χ0v) is 12.3. The molecule has 0 aliphatic carbocycles. The van der Waals surface area contributed by atoms with Crippen molar-refractivity contribution in [2.75, 3.05) is 0 Å². The molecule has 1 rings (SSSR count). The van der Waals surface area contributed by atoms with Gasteiger partial charge in [-0.15, -0.1) is 11.3 Å². The van der Waals surface area contributed by atoms with E-state index in [9.17, 15) is 0 Å². The Labute approximate surface area is 111 Å². The van der Waals surface area contributed by atoms with Crippen LogP contribution in [0.25, 0.3) is 0 Å². The van der Waals surface area contributed by atoms with Gasteiger partial charge in [0.25, 0.3) is 0 Å². The van der Waals surface area contributed by atoms with Crippen molar-refractivity contribution in [1.82, 2.24) is 4.98 Å². The van der Waals surface area contributed by atoms with E-state index in [-0.39, 0.29) is 0 Å². The molecule has 2 heteroatoms. The summed E-state index contributed by atoms with van der Waals surface area (Å²) in [7, 11) is 0. The molecule has 0 spiro atoms. The smallest absolute Gasteiger partial charge is 0.0794 e. The highest BCUT2D eigenvalue weighted by Gasteiger charge is 2.12. The Morgan fingerprint density at radius 1 is 1.00 bits per heavy atom. The van der Waals surface area contributed by atoms with Crippen LogP contribution in [0.3, 0.4) is 0 Å². The lowest BCUT2D eigenvalue weighted by molar-refractivity contribution is 0.495. The van der Waals surface area contributed by atoms with E-state index in [0.29, 0.717) is 0 Å². The predicted molar refractivity (Wildman–Crippen MR) is 77.8 cm³/mol. The lowest BCUT2D eigenvalue weighted by Gasteiger charge is -2.14. The van der Waals surface area contributed by atoms with Gasteiger partial charge in [-0.2, -0.15) is 0 Å². The molecule has 0 amide bonds. The first-order valence-corrected chi connectivity index (χ1v) is 8.20. The summed E-state index contributed by atoms with van der Waals surface area (Å²) in [6.07, 6.45) is 12.2. The van der Waals surface area contributed by atoms with Gasteiger partial charge in [-0.05, 0) is 12.8 Å². The fourth-order valence-electron chi connectivity index (χ4n) is 2.32. The predicted octanol–water partition coefficient (Wildman–Crippen LogP) is 5.78. The van der Waals surface area contributed by atoms with Crippen molar-refractivity contribution in [3.63, 3.8) is 0 Å². The van der Waals surface area contributed by atoms with Gasteiger partial charge >= 0.3 is 0 Å². The van der Waals surface area contributed by atoms with Crippen LogP contribution < -0.4 is 0 Å². The minimum absolute atomic E-state index is 0.727. The van der Waals surface area contributed by atoms with Crippen LogP contribution in [0.4, 0.5) is 0 Å². The Kier molecular flexibility index (Phi) is 8.33. The molecular formula is C15H27NS. The van der Waals surface area contributed by atoms with E-state index in [0.717, 1.165) is 5.92 Å². The van der Waals surface area contributed by atoms with Crippen LogP contribution >= 0.6 is 11.3 Å². The summed E-state index contributed by atoms with van der Waals surface area (Å²) in [5, 5.41) is 2.25. The summed E-state index contributed by atoms with van der Waals surface area (Å²) in [5.74, 6) is 0.727. The molecule has 0 aliphatic rings. The van der Waals surface area contributed by atoms with Crippen LogP contribution in [0.1, 0.15) is 83.2 Å². The van der Waals surface area contributed by atoms with Crippen molar-refractivity contribution in [2.24, 2.45) is 0 Å². The largest absolute Gasteiger partial charge is 0.249 e. The maximum absolute atomic E-state index is 4.51. The lowest BCUT2D eigenvalue weighted by Crippen LogP contribution is -2.00. The zero-order chi connectivity index (χ0) is 12.3. The second kappa shape index (κ2) is 9.64. The van der Waals surface area contributed by atoms with Gasteiger partial charge in [-0.25, -0.2) is 4.98 Å². The summed E-state index contributed by atoms with van der Waals surface area (Å²) >= 11 is 1.74. The number of rotatable bonds is 10. The Balaban J connectivity index is 2.31. The quantitative estimate of drug-likeness (QED) is 0.482. The van der Waals surface area contributed by atoms with Crippen LogP contribution in [0.5, 0.6) is 0 Å². The second-order valence-corrected chi connectivity index (χ2v) is 5.67. The van der Waals surface area contributed by atoms with E-state index in [1.54, 1.807) is 11.3 Å². The van der Waals surface area contributed by atoms with E-state index >= 15 is 0 Å². The number of thiazole rings is 1. The Bertz CT molecular complexity index is 256. The molecule has 0 fully saturated rings. The molecule has 0 bridgehead atoms. The standard InChI is InChI=1S/C15H27NS/c1-3-5-7-9-11-14(10-8-6-4-2)15-12-17-13-16-15/h12-14H,3-11H2,1-2H3. The first-order chi connectivity index (χ1) is 8.38. The highest BCUT2D eigenvalue weighted by atomic mass is 32.1. The minimum Gasteiger partial charge on any atom is -0.249 e. The van der Waals surface area contributed by atoms with Gasteiger partial charge in [0.2, 0.25) is 0 Å². The molecule has 98 valence electrons. The molecule has 0 N–H and O–H groups in total. The first-order valence-electron chi connectivity index (χ1n) is 7.26. The normalized spacial score (nSPS) is 12.8. The van der Waals surface area contributed by atoms with Crippen molar-refractivity contribution in [2.45, 2.75) is 77.6 Å². The van der Waals surface area contributed by atoms with Gasteiger partial charge in [-0.1, -0.05) is 58.8 Å². The highest BCUT2D eigenvalue weighted by molar-refractivity contribution is 7.07. The van der Waals surface area contributed by atoms with E-state index in [1.807, 2.05) is 5.51 Å². The number of unbranched alkanes of at least 4 members (excludes halogenated alkanes) is 5. The zero-order valence-electron chi connectivity index (χ0n) is 11.5. The second-order valence-electron chi connectivity index (χ2n) is 4.96. The average Bonchev–Trinajstić information content (AvgIpc) is 2.86. The number of aromatic nitrogens is 1. The van der Waals surface area contributed by atoms with Crippen LogP contribution in [0.2, 0.25) is 0 Å². The van der Waals surface area contributed by atoms with Crippen LogP contribution in [0, 0.1) is 0 Å². The fourth-order valence-corrected chi connectivity index (χ4v) is 2.96. The maximum Gasteiger partial charge on any atom is 0.0794 e. The van der Waals surface area contributed by atoms with Gasteiger partial charge in [0.15, 0.2) is 0 Å². The Morgan fingerprint density at radius 2 is 1.65 bits per heavy atom. The molecular weight excluding hydrogens is 226 g/mol. The topological polar surface area (TPSA) is 12.9 Å². The molecule has 0 aromatic carbocycles. The molecule has 17 heavy (non-hydrogen) atoms. The third kappa shape index (κ3) is 6.21. The third-order valence-electron chi connectivity index (χ3n) is 3.43. The summed E-state index contributed by atoms with van der Waals surface area (Å²) in [6.45, 7) is 4.55. The average molecular weight is 253 g/mol. The van der Waals surface area contributed by atoms with Crippen LogP contribution in [-0.2, 0) is 0 Å². The highest BCUT2D eigenvalue weighted by Crippen LogP contribution is 2.28. The Morgan fingerprint density at radius 3 is 2.24 bits per heavy atom. The Hall–Kier alpha value is -0.370. The molecule has 0 saturated carbocycles. The minimum atomic E-state index is 0.727. The van der Waals surface area contributed by atoms with Gasteiger partial charge in [0, 0.05) is 11.3 Å². The van der Waals surface area contributed by atoms with E-state index in [4.69, 9.17) is 0 Å². The summed E-state index contributed by atoms with van der Waals surface area (Å²) in [6, 6.07) is 0. The fraction of sp³-hybridized carbons (Fsp3) is 0.800. The van der Waals surface area contributed by atoms with Crippen molar-refractivity contribution in [3.8, 4) is 0 Å². The molecule has 1 aromatic rings. The van der Waals surface area contributed by atoms with Gasteiger partial charge < -0.3 is 0 Å². The number of hydrogen-bond donors (Lipinski definition) is 0. The molecule has 0 radical (unpaired) electrons. The van der Waals surface area contributed by atoms with Crippen molar-refractivity contribution in [3.05, 3.63) is 16.6 Å². The molecule has 1 heterocycles. The van der Waals surface area contributed by atoms with Gasteiger partial charge in [0.1, 0.15) is 0 Å². The van der Waals surface area contributed by atoms with E-state index in [2.05, 4.69) is 24.2 Å². The van der Waals surface area contributed by atoms with Crippen LogP contribution in [-0.4, -0.2) is 4.98 Å². The molecule has 1 atom stereocenters. The summed E-state index contributed by atoms with van der Waals surface area (Å²) in [4.78, 5) is 4.51. The number of nitrogens with zero attached hydrogens (tertiary/aromatic N) is 1. The molecule has 0 aliphatic heterocycles. The maximum atomic E-state index is 4.51. The third-order valence-corrected chi connectivity index (χ3v) is 4.04. The molecule has 1 aromatic heterocycles. The number of hydrogen-bond acceptors (Lipinski definition) is 2. The lowest BCUT2D eigenvalue weighted by atomic mass is 9.92. The van der Waals surface area contributed by atoms with E-state index < -0.39 is 0 Å². The van der Waals surface area contributed by atoms with Crippen molar-refractivity contribution in [1.29, 1.82) is 0 Å². The summed E-state index contributed by atoms with van der Waals surface area (Å²) in [5.41, 5.74) is 3.33. The molecule has 1 unspecified atom stereocenters. The van der Waals surface area contributed by atoms with Gasteiger partial charge in [-0.3, -0.25) is 0 Å². The van der Waals surface area contributed by atoms with E-state index in [1.165, 1.54) is 63.5 Å². The summed E-state index contributed by atoms with van der Waals surface area (Å²) < 4.78 is 0. The van der Waals surface area contributed by atoms with Gasteiger partial charge in [0.05, 0.1) is 11.2 Å².